The molecule has 1 aliphatic rings. The number of aliphatic imine (C=N–C) groups is 2. The minimum atomic E-state index is -0.392. The fourth-order valence-electron chi connectivity index (χ4n) is 1.03. The van der Waals surface area contributed by atoms with Gasteiger partial charge in [0, 0.05) is 0 Å². The van der Waals surface area contributed by atoms with E-state index in [4.69, 9.17) is 0 Å². The van der Waals surface area contributed by atoms with Gasteiger partial charge in [-0.15, -0.1) is 0 Å². The first-order valence-corrected chi connectivity index (χ1v) is 5.68. The van der Waals surface area contributed by atoms with Gasteiger partial charge in [-0.05, 0) is 19.2 Å². The number of thioether (sulfide) groups is 1. The summed E-state index contributed by atoms with van der Waals surface area (Å²) in [6, 6.07) is 0. The molecule has 0 aliphatic carbocycles. The summed E-state index contributed by atoms with van der Waals surface area (Å²) in [5.74, 6) is 0. The highest BCUT2D eigenvalue weighted by Gasteiger charge is 2.26. The zero-order chi connectivity index (χ0) is 9.57. The number of unbranched alkanes of at least 4 members (excludes halogenated alkanes) is 1. The molecule has 0 radical (unpaired) electrons. The fourth-order valence-corrected chi connectivity index (χ4v) is 1.59. The quantitative estimate of drug-likeness (QED) is 0.514. The van der Waals surface area contributed by atoms with Crippen LogP contribution in [0.15, 0.2) is 9.98 Å². The summed E-state index contributed by atoms with van der Waals surface area (Å²) < 4.78 is 0. The molecule has 13 heavy (non-hydrogen) atoms. The zero-order valence-corrected chi connectivity index (χ0v) is 8.90. The van der Waals surface area contributed by atoms with Gasteiger partial charge in [-0.2, -0.15) is 0 Å². The first kappa shape index (κ1) is 10.5. The normalized spacial score (nSPS) is 26.0. The van der Waals surface area contributed by atoms with E-state index in [0.717, 1.165) is 13.0 Å². The lowest BCUT2D eigenvalue weighted by molar-refractivity contribution is 0.451. The van der Waals surface area contributed by atoms with Crippen LogP contribution in [0.3, 0.4) is 0 Å². The predicted octanol–water partition coefficient (Wildman–Crippen LogP) is 1.01. The molecule has 0 fully saturated rings. The fraction of sp³-hybridized carbons (Fsp3) is 0.750. The van der Waals surface area contributed by atoms with Crippen LogP contribution in [-0.4, -0.2) is 30.6 Å². The van der Waals surface area contributed by atoms with Crippen molar-refractivity contribution in [3.8, 4) is 0 Å². The Kier molecular flexibility index (Phi) is 4.24. The number of rotatable bonds is 5. The summed E-state index contributed by atoms with van der Waals surface area (Å²) in [5, 5.41) is 6.06. The van der Waals surface area contributed by atoms with Crippen molar-refractivity contribution in [2.24, 2.45) is 9.98 Å². The summed E-state index contributed by atoms with van der Waals surface area (Å²) >= 11 is 1.63. The van der Waals surface area contributed by atoms with Crippen molar-refractivity contribution >= 4 is 24.4 Å². The van der Waals surface area contributed by atoms with E-state index in [1.807, 2.05) is 6.26 Å². The third-order valence-electron chi connectivity index (χ3n) is 1.83. The molecule has 2 N–H and O–H groups in total. The molecule has 1 unspecified atom stereocenters. The number of hydrogen-bond donors (Lipinski definition) is 2. The Balaban J connectivity index is 2.40. The van der Waals surface area contributed by atoms with E-state index in [1.165, 1.54) is 6.42 Å². The Bertz CT molecular complexity index is 204. The first-order chi connectivity index (χ1) is 6.33. The van der Waals surface area contributed by atoms with Crippen LogP contribution in [0.2, 0.25) is 0 Å². The van der Waals surface area contributed by atoms with Crippen molar-refractivity contribution in [1.29, 1.82) is 0 Å². The van der Waals surface area contributed by atoms with Crippen molar-refractivity contribution in [3.63, 3.8) is 0 Å². The molecule has 0 saturated heterocycles. The maximum atomic E-state index is 4.27. The highest BCUT2D eigenvalue weighted by molar-refractivity contribution is 7.99. The van der Waals surface area contributed by atoms with Crippen LogP contribution in [0.4, 0.5) is 0 Å². The predicted molar refractivity (Wildman–Crippen MR) is 59.3 cm³/mol. The lowest BCUT2D eigenvalue weighted by Crippen LogP contribution is -2.53. The lowest BCUT2D eigenvalue weighted by Gasteiger charge is -2.29. The molecule has 0 spiro atoms. The molecule has 4 nitrogen and oxygen atoms in total. The molecular formula is C8H16N4S. The summed E-state index contributed by atoms with van der Waals surface area (Å²) in [6.07, 6.45) is 7.61. The van der Waals surface area contributed by atoms with Gasteiger partial charge in [0.2, 0.25) is 5.12 Å². The summed E-state index contributed by atoms with van der Waals surface area (Å²) in [7, 11) is 0. The minimum Gasteiger partial charge on any atom is -0.331 e. The molecule has 0 aromatic heterocycles. The largest absolute Gasteiger partial charge is 0.331 e. The van der Waals surface area contributed by atoms with Crippen molar-refractivity contribution in [2.45, 2.75) is 24.9 Å². The maximum Gasteiger partial charge on any atom is 0.236 e. The van der Waals surface area contributed by atoms with E-state index in [2.05, 4.69) is 27.5 Å². The molecule has 0 bridgehead atoms. The molecule has 0 aromatic rings. The van der Waals surface area contributed by atoms with Gasteiger partial charge in [-0.1, -0.05) is 25.1 Å². The molecular weight excluding hydrogens is 184 g/mol. The van der Waals surface area contributed by atoms with Gasteiger partial charge in [-0.25, -0.2) is 9.98 Å². The maximum absolute atomic E-state index is 4.27. The van der Waals surface area contributed by atoms with Crippen molar-refractivity contribution in [1.82, 2.24) is 10.6 Å². The van der Waals surface area contributed by atoms with E-state index in [-0.39, 0.29) is 0 Å². The van der Waals surface area contributed by atoms with Crippen LogP contribution in [0.1, 0.15) is 19.8 Å². The summed E-state index contributed by atoms with van der Waals surface area (Å²) in [6.45, 7) is 3.14. The smallest absolute Gasteiger partial charge is 0.236 e. The summed E-state index contributed by atoms with van der Waals surface area (Å²) in [5.41, 5.74) is 0. The second-order valence-corrected chi connectivity index (χ2v) is 3.79. The topological polar surface area (TPSA) is 48.8 Å². The average molecular weight is 200 g/mol. The third kappa shape index (κ3) is 3.00. The van der Waals surface area contributed by atoms with Gasteiger partial charge in [0.15, 0.2) is 0 Å². The van der Waals surface area contributed by atoms with Crippen LogP contribution in [0, 0.1) is 0 Å². The Labute approximate surface area is 83.3 Å². The number of nitrogens with one attached hydrogen (secondary N) is 2. The molecule has 0 saturated carbocycles. The van der Waals surface area contributed by atoms with Gasteiger partial charge in [0.1, 0.15) is 6.34 Å². The van der Waals surface area contributed by atoms with Crippen LogP contribution in [-0.2, 0) is 0 Å². The Morgan fingerprint density at radius 1 is 1.62 bits per heavy atom. The zero-order valence-electron chi connectivity index (χ0n) is 8.08. The van der Waals surface area contributed by atoms with E-state index < -0.39 is 5.12 Å². The standard InChI is InChI=1S/C8H16N4S/c1-3-4-5-10-8(13-2)11-6-9-7-12-8/h6-7,10H,3-5H2,1-2H3,(H,9,11,12). The Hall–Kier alpha value is -0.550. The molecule has 1 rings (SSSR count). The van der Waals surface area contributed by atoms with E-state index >= 15 is 0 Å². The SMILES string of the molecule is CCCCNC1(SC)N=CN=CN1. The molecule has 74 valence electrons. The second-order valence-electron chi connectivity index (χ2n) is 2.80. The monoisotopic (exact) mass is 200 g/mol. The van der Waals surface area contributed by atoms with Gasteiger partial charge < -0.3 is 5.32 Å². The molecule has 1 aliphatic heterocycles. The third-order valence-corrected chi connectivity index (χ3v) is 2.79. The van der Waals surface area contributed by atoms with Crippen LogP contribution in [0.5, 0.6) is 0 Å². The Morgan fingerprint density at radius 3 is 3.00 bits per heavy atom. The number of nitrogens with zero attached hydrogens (tertiary/aromatic N) is 2. The molecule has 5 heteroatoms. The van der Waals surface area contributed by atoms with E-state index in [0.29, 0.717) is 0 Å². The van der Waals surface area contributed by atoms with Crippen LogP contribution in [0.25, 0.3) is 0 Å². The number of hydrogen-bond acceptors (Lipinski definition) is 5. The average Bonchev–Trinajstić information content (AvgIpc) is 2.20. The van der Waals surface area contributed by atoms with E-state index in [1.54, 1.807) is 24.4 Å². The molecule has 1 atom stereocenters. The molecule has 0 aromatic carbocycles. The Morgan fingerprint density at radius 2 is 2.46 bits per heavy atom. The second kappa shape index (κ2) is 5.24. The highest BCUT2D eigenvalue weighted by Crippen LogP contribution is 2.18. The van der Waals surface area contributed by atoms with Crippen molar-refractivity contribution in [2.75, 3.05) is 12.8 Å². The van der Waals surface area contributed by atoms with E-state index in [9.17, 15) is 0 Å². The molecule has 1 heterocycles. The van der Waals surface area contributed by atoms with Gasteiger partial charge in [0.25, 0.3) is 0 Å². The highest BCUT2D eigenvalue weighted by atomic mass is 32.2. The van der Waals surface area contributed by atoms with Gasteiger partial charge >= 0.3 is 0 Å². The van der Waals surface area contributed by atoms with Crippen LogP contribution < -0.4 is 10.6 Å². The van der Waals surface area contributed by atoms with Crippen molar-refractivity contribution in [3.05, 3.63) is 0 Å². The minimum absolute atomic E-state index is 0.392. The first-order valence-electron chi connectivity index (χ1n) is 4.46. The lowest BCUT2D eigenvalue weighted by atomic mass is 10.3. The van der Waals surface area contributed by atoms with Gasteiger partial charge in [-0.3, -0.25) is 5.32 Å². The van der Waals surface area contributed by atoms with Gasteiger partial charge in [0.05, 0.1) is 6.34 Å². The summed E-state index contributed by atoms with van der Waals surface area (Å²) in [4.78, 5) is 8.14. The molecule has 0 amide bonds. The van der Waals surface area contributed by atoms with Crippen molar-refractivity contribution < 1.29 is 0 Å². The van der Waals surface area contributed by atoms with Crippen LogP contribution >= 0.6 is 11.8 Å².